The Morgan fingerprint density at radius 1 is 0.788 bits per heavy atom. The van der Waals surface area contributed by atoms with Crippen LogP contribution in [0.4, 0.5) is 0 Å². The molecule has 2 heterocycles. The van der Waals surface area contributed by atoms with Crippen LogP contribution in [0.1, 0.15) is 28.4 Å². The lowest BCUT2D eigenvalue weighted by Crippen LogP contribution is -2.47. The number of fused-ring (bicyclic) bond motifs is 4. The van der Waals surface area contributed by atoms with Crippen molar-refractivity contribution in [2.24, 2.45) is 7.05 Å². The molecule has 0 unspecified atom stereocenters. The summed E-state index contributed by atoms with van der Waals surface area (Å²) in [6.45, 7) is 6.73. The van der Waals surface area contributed by atoms with Crippen LogP contribution >= 0.6 is 0 Å². The van der Waals surface area contributed by atoms with E-state index in [2.05, 4.69) is 76.9 Å². The van der Waals surface area contributed by atoms with Crippen LogP contribution in [0.3, 0.4) is 0 Å². The van der Waals surface area contributed by atoms with E-state index in [0.29, 0.717) is 6.04 Å². The number of aromatic nitrogens is 1. The van der Waals surface area contributed by atoms with Gasteiger partial charge >= 0.3 is 0 Å². The summed E-state index contributed by atoms with van der Waals surface area (Å²) in [6.07, 6.45) is 0. The third-order valence-corrected chi connectivity index (χ3v) is 7.68. The minimum atomic E-state index is 0.183. The van der Waals surface area contributed by atoms with Crippen molar-refractivity contribution in [3.63, 3.8) is 0 Å². The normalized spacial score (nSPS) is 16.8. The largest absolute Gasteiger partial charge is 0.347 e. The second-order valence-electron chi connectivity index (χ2n) is 9.36. The van der Waals surface area contributed by atoms with Gasteiger partial charge in [-0.2, -0.15) is 0 Å². The monoisotopic (exact) mass is 435 g/mol. The van der Waals surface area contributed by atoms with Crippen LogP contribution in [0, 0.1) is 6.92 Å². The van der Waals surface area contributed by atoms with E-state index in [0.717, 1.165) is 54.9 Å². The van der Waals surface area contributed by atoms with E-state index >= 15 is 0 Å². The molecule has 6 rings (SSSR count). The van der Waals surface area contributed by atoms with Gasteiger partial charge in [0, 0.05) is 56.4 Å². The first-order valence-corrected chi connectivity index (χ1v) is 11.9. The molecule has 0 radical (unpaired) electrons. The van der Waals surface area contributed by atoms with Crippen LogP contribution in [-0.2, 0) is 13.6 Å². The van der Waals surface area contributed by atoms with Crippen LogP contribution in [-0.4, -0.2) is 40.5 Å². The lowest BCUT2D eigenvalue weighted by molar-refractivity contribution is 0.106. The van der Waals surface area contributed by atoms with Crippen molar-refractivity contribution in [2.45, 2.75) is 19.5 Å². The van der Waals surface area contributed by atoms with Crippen molar-refractivity contribution in [2.75, 3.05) is 26.2 Å². The van der Waals surface area contributed by atoms with Crippen LogP contribution in [0.2, 0.25) is 0 Å². The van der Waals surface area contributed by atoms with E-state index in [1.807, 2.05) is 24.3 Å². The first-order valence-electron chi connectivity index (χ1n) is 11.9. The summed E-state index contributed by atoms with van der Waals surface area (Å²) in [6, 6.07) is 25.9. The van der Waals surface area contributed by atoms with Crippen molar-refractivity contribution < 1.29 is 0 Å². The molecule has 3 aromatic carbocycles. The van der Waals surface area contributed by atoms with Gasteiger partial charge in [-0.1, -0.05) is 60.7 Å². The van der Waals surface area contributed by atoms with Crippen molar-refractivity contribution in [3.8, 4) is 11.1 Å². The Kier molecular flexibility index (Phi) is 4.93. The quantitative estimate of drug-likeness (QED) is 0.466. The molecule has 0 atom stereocenters. The molecule has 4 heteroatoms. The van der Waals surface area contributed by atoms with E-state index in [9.17, 15) is 4.79 Å². The standard InChI is InChI=1S/C29H29N3O/c1-20-26(29(33)25-13-7-8-14-27(25)30(20)2)19-31-15-17-32(18-16-31)28-23-11-5-3-9-21(23)22-10-4-6-12-24(22)28/h3-14,28H,15-19H2,1-2H3. The van der Waals surface area contributed by atoms with Gasteiger partial charge in [-0.15, -0.1) is 0 Å². The predicted molar refractivity (Wildman–Crippen MR) is 134 cm³/mol. The van der Waals surface area contributed by atoms with Crippen molar-refractivity contribution in [1.29, 1.82) is 0 Å². The molecule has 0 saturated carbocycles. The first kappa shape index (κ1) is 20.4. The zero-order chi connectivity index (χ0) is 22.5. The molecule has 1 aromatic heterocycles. The van der Waals surface area contributed by atoms with Gasteiger partial charge in [-0.3, -0.25) is 14.6 Å². The summed E-state index contributed by atoms with van der Waals surface area (Å²) in [5.74, 6) is 0. The summed E-state index contributed by atoms with van der Waals surface area (Å²) < 4.78 is 2.16. The summed E-state index contributed by atoms with van der Waals surface area (Å²) >= 11 is 0. The third kappa shape index (κ3) is 3.25. The van der Waals surface area contributed by atoms with E-state index in [1.165, 1.54) is 22.3 Å². The molecule has 1 fully saturated rings. The van der Waals surface area contributed by atoms with Crippen molar-refractivity contribution in [1.82, 2.24) is 14.4 Å². The van der Waals surface area contributed by atoms with Crippen LogP contribution in [0.15, 0.2) is 77.6 Å². The van der Waals surface area contributed by atoms with Crippen molar-refractivity contribution >= 4 is 10.9 Å². The Balaban J connectivity index is 1.25. The highest BCUT2D eigenvalue weighted by atomic mass is 16.1. The third-order valence-electron chi connectivity index (χ3n) is 7.68. The van der Waals surface area contributed by atoms with Gasteiger partial charge in [0.1, 0.15) is 0 Å². The maximum Gasteiger partial charge on any atom is 0.194 e. The number of aryl methyl sites for hydroxylation is 1. The van der Waals surface area contributed by atoms with Gasteiger partial charge in [0.15, 0.2) is 5.43 Å². The van der Waals surface area contributed by atoms with E-state index in [4.69, 9.17) is 0 Å². The number of hydrogen-bond donors (Lipinski definition) is 0. The molecule has 166 valence electrons. The molecule has 1 aliphatic carbocycles. The minimum absolute atomic E-state index is 0.183. The highest BCUT2D eigenvalue weighted by Crippen LogP contribution is 2.46. The summed E-state index contributed by atoms with van der Waals surface area (Å²) in [7, 11) is 2.06. The Labute approximate surface area is 194 Å². The fourth-order valence-electron chi connectivity index (χ4n) is 5.78. The summed E-state index contributed by atoms with van der Waals surface area (Å²) in [5.41, 5.74) is 8.78. The molecule has 4 nitrogen and oxygen atoms in total. The zero-order valence-corrected chi connectivity index (χ0v) is 19.3. The number of pyridine rings is 1. The fourth-order valence-corrected chi connectivity index (χ4v) is 5.78. The lowest BCUT2D eigenvalue weighted by Gasteiger charge is -2.39. The van der Waals surface area contributed by atoms with E-state index in [-0.39, 0.29) is 5.43 Å². The molecule has 4 aromatic rings. The Bertz CT molecular complexity index is 1370. The molecular weight excluding hydrogens is 406 g/mol. The second kappa shape index (κ2) is 7.98. The number of hydrogen-bond acceptors (Lipinski definition) is 3. The van der Waals surface area contributed by atoms with Gasteiger partial charge < -0.3 is 4.57 Å². The predicted octanol–water partition coefficient (Wildman–Crippen LogP) is 4.73. The van der Waals surface area contributed by atoms with Gasteiger partial charge in [0.05, 0.1) is 11.6 Å². The second-order valence-corrected chi connectivity index (χ2v) is 9.36. The van der Waals surface area contributed by atoms with Crippen LogP contribution in [0.25, 0.3) is 22.0 Å². The molecule has 1 aliphatic heterocycles. The highest BCUT2D eigenvalue weighted by molar-refractivity contribution is 5.80. The molecule has 0 N–H and O–H groups in total. The molecule has 2 aliphatic rings. The summed E-state index contributed by atoms with van der Waals surface area (Å²) in [4.78, 5) is 18.3. The van der Waals surface area contributed by atoms with Gasteiger partial charge in [0.2, 0.25) is 0 Å². The van der Waals surface area contributed by atoms with Crippen molar-refractivity contribution in [3.05, 3.63) is 105 Å². The number of rotatable bonds is 3. The molecule has 0 amide bonds. The van der Waals surface area contributed by atoms with Crippen LogP contribution in [0.5, 0.6) is 0 Å². The SMILES string of the molecule is Cc1c(CN2CCN(C3c4ccccc4-c4ccccc43)CC2)c(=O)c2ccccc2n1C. The number of piperazine rings is 1. The lowest BCUT2D eigenvalue weighted by atomic mass is 10.0. The Hall–Kier alpha value is -3.21. The fraction of sp³-hybridized carbons (Fsp3) is 0.276. The highest BCUT2D eigenvalue weighted by Gasteiger charge is 2.34. The number of para-hydroxylation sites is 1. The average molecular weight is 436 g/mol. The molecule has 0 spiro atoms. The maximum atomic E-state index is 13.3. The number of nitrogens with zero attached hydrogens (tertiary/aromatic N) is 3. The number of benzene rings is 3. The zero-order valence-electron chi connectivity index (χ0n) is 19.3. The van der Waals surface area contributed by atoms with Crippen LogP contribution < -0.4 is 5.43 Å². The smallest absolute Gasteiger partial charge is 0.194 e. The Morgan fingerprint density at radius 2 is 1.36 bits per heavy atom. The first-order chi connectivity index (χ1) is 16.1. The topological polar surface area (TPSA) is 28.5 Å². The van der Waals surface area contributed by atoms with E-state index < -0.39 is 0 Å². The molecule has 0 bridgehead atoms. The van der Waals surface area contributed by atoms with Gasteiger partial charge in [-0.05, 0) is 41.3 Å². The molecule has 1 saturated heterocycles. The van der Waals surface area contributed by atoms with E-state index in [1.54, 1.807) is 0 Å². The Morgan fingerprint density at radius 3 is 2.03 bits per heavy atom. The average Bonchev–Trinajstić information content (AvgIpc) is 3.20. The minimum Gasteiger partial charge on any atom is -0.347 e. The summed E-state index contributed by atoms with van der Waals surface area (Å²) in [5, 5.41) is 0.818. The van der Waals surface area contributed by atoms with Gasteiger partial charge in [-0.25, -0.2) is 0 Å². The maximum absolute atomic E-state index is 13.3. The molecular formula is C29H29N3O. The van der Waals surface area contributed by atoms with Gasteiger partial charge in [0.25, 0.3) is 0 Å². The molecule has 33 heavy (non-hydrogen) atoms.